The molecule has 16 heavy (non-hydrogen) atoms. The van der Waals surface area contributed by atoms with Gasteiger partial charge >= 0.3 is 0 Å². The fourth-order valence-electron chi connectivity index (χ4n) is 1.35. The molecule has 0 aliphatic heterocycles. The van der Waals surface area contributed by atoms with Crippen molar-refractivity contribution in [3.8, 4) is 0 Å². The van der Waals surface area contributed by atoms with Crippen LogP contribution in [0.1, 0.15) is 42.0 Å². The van der Waals surface area contributed by atoms with Crippen molar-refractivity contribution in [3.05, 3.63) is 11.4 Å². The number of nitrogens with zero attached hydrogens (tertiary/aromatic N) is 3. The molecule has 0 radical (unpaired) electrons. The molecule has 0 saturated heterocycles. The van der Waals surface area contributed by atoms with E-state index in [4.69, 9.17) is 4.74 Å². The van der Waals surface area contributed by atoms with Crippen LogP contribution in [-0.2, 0) is 4.74 Å². The average molecular weight is 233 g/mol. The van der Waals surface area contributed by atoms with E-state index < -0.39 is 12.1 Å². The van der Waals surface area contributed by atoms with Crippen LogP contribution in [0.15, 0.2) is 0 Å². The number of rotatable bonds is 6. The molecule has 1 aromatic heterocycles. The molecule has 0 N–H and O–H groups in total. The number of carbonyl (C=O) groups excluding carboxylic acids is 1. The Hall–Kier alpha value is -1.37. The highest BCUT2D eigenvalue weighted by Crippen LogP contribution is 2.24. The van der Waals surface area contributed by atoms with Gasteiger partial charge in [-0.05, 0) is 13.3 Å². The molecule has 0 fully saturated rings. The van der Waals surface area contributed by atoms with E-state index in [1.807, 2.05) is 0 Å². The van der Waals surface area contributed by atoms with Crippen LogP contribution in [-0.4, -0.2) is 35.0 Å². The molecule has 0 amide bonds. The van der Waals surface area contributed by atoms with Gasteiger partial charge in [0.2, 0.25) is 0 Å². The first kappa shape index (κ1) is 12.7. The van der Waals surface area contributed by atoms with Gasteiger partial charge in [0.25, 0.3) is 6.43 Å². The third-order valence-electron chi connectivity index (χ3n) is 2.23. The molecular formula is C9H13F2N3O2. The number of methoxy groups -OCH3 is 1. The third-order valence-corrected chi connectivity index (χ3v) is 2.23. The van der Waals surface area contributed by atoms with Crippen LogP contribution in [0, 0.1) is 0 Å². The Balaban J connectivity index is 2.94. The van der Waals surface area contributed by atoms with Crippen LogP contribution in [0.25, 0.3) is 0 Å². The molecule has 1 unspecified atom stereocenters. The first-order valence-electron chi connectivity index (χ1n) is 4.79. The summed E-state index contributed by atoms with van der Waals surface area (Å²) in [5.41, 5.74) is -0.738. The zero-order chi connectivity index (χ0) is 12.1. The van der Waals surface area contributed by atoms with Gasteiger partial charge in [-0.1, -0.05) is 5.21 Å². The number of aromatic nitrogens is 3. The van der Waals surface area contributed by atoms with Crippen molar-refractivity contribution < 1.29 is 18.3 Å². The normalized spacial score (nSPS) is 13.1. The number of hydrogen-bond donors (Lipinski definition) is 0. The van der Waals surface area contributed by atoms with Gasteiger partial charge in [0.1, 0.15) is 5.69 Å². The topological polar surface area (TPSA) is 57.0 Å². The Morgan fingerprint density at radius 2 is 2.25 bits per heavy atom. The summed E-state index contributed by atoms with van der Waals surface area (Å²) in [6, 6.07) is -0.287. The van der Waals surface area contributed by atoms with E-state index in [-0.39, 0.29) is 18.0 Å². The van der Waals surface area contributed by atoms with Crippen molar-refractivity contribution in [3.63, 3.8) is 0 Å². The number of ether oxygens (including phenoxy) is 1. The Labute approximate surface area is 91.4 Å². The smallest absolute Gasteiger partial charge is 0.282 e. The van der Waals surface area contributed by atoms with E-state index in [1.165, 1.54) is 7.11 Å². The summed E-state index contributed by atoms with van der Waals surface area (Å²) >= 11 is 0. The van der Waals surface area contributed by atoms with Crippen LogP contribution in [0.2, 0.25) is 0 Å². The van der Waals surface area contributed by atoms with Crippen molar-refractivity contribution in [1.82, 2.24) is 15.0 Å². The molecule has 0 aromatic carbocycles. The monoisotopic (exact) mass is 233 g/mol. The van der Waals surface area contributed by atoms with Gasteiger partial charge in [-0.15, -0.1) is 5.10 Å². The van der Waals surface area contributed by atoms with Crippen molar-refractivity contribution in [1.29, 1.82) is 0 Å². The summed E-state index contributed by atoms with van der Waals surface area (Å²) in [6.07, 6.45) is -1.95. The second kappa shape index (κ2) is 5.64. The second-order valence-electron chi connectivity index (χ2n) is 3.35. The maximum Gasteiger partial charge on any atom is 0.282 e. The Kier molecular flexibility index (Phi) is 4.48. The maximum absolute atomic E-state index is 12.7. The Morgan fingerprint density at radius 3 is 2.75 bits per heavy atom. The summed E-state index contributed by atoms with van der Waals surface area (Å²) in [5.74, 6) is 0. The molecule has 0 aliphatic carbocycles. The molecule has 0 saturated carbocycles. The second-order valence-corrected chi connectivity index (χ2v) is 3.35. The van der Waals surface area contributed by atoms with E-state index >= 15 is 0 Å². The zero-order valence-corrected chi connectivity index (χ0v) is 9.06. The first-order valence-corrected chi connectivity index (χ1v) is 4.79. The van der Waals surface area contributed by atoms with Gasteiger partial charge in [-0.3, -0.25) is 4.79 Å². The lowest BCUT2D eigenvalue weighted by atomic mass is 10.2. The lowest BCUT2D eigenvalue weighted by Gasteiger charge is -2.13. The van der Waals surface area contributed by atoms with E-state index in [9.17, 15) is 13.6 Å². The zero-order valence-electron chi connectivity index (χ0n) is 9.06. The fourth-order valence-corrected chi connectivity index (χ4v) is 1.35. The molecule has 1 heterocycles. The van der Waals surface area contributed by atoms with Crippen LogP contribution in [0.5, 0.6) is 0 Å². The lowest BCUT2D eigenvalue weighted by Crippen LogP contribution is -2.13. The van der Waals surface area contributed by atoms with Crippen molar-refractivity contribution in [2.24, 2.45) is 0 Å². The largest absolute Gasteiger partial charge is 0.385 e. The van der Waals surface area contributed by atoms with Crippen LogP contribution in [0.4, 0.5) is 8.78 Å². The van der Waals surface area contributed by atoms with Gasteiger partial charge in [0, 0.05) is 13.7 Å². The Bertz CT molecular complexity index is 355. The van der Waals surface area contributed by atoms with E-state index in [0.29, 0.717) is 13.0 Å². The molecule has 5 nitrogen and oxygen atoms in total. The van der Waals surface area contributed by atoms with Crippen molar-refractivity contribution in [2.75, 3.05) is 13.7 Å². The summed E-state index contributed by atoms with van der Waals surface area (Å²) in [7, 11) is 1.53. The van der Waals surface area contributed by atoms with Gasteiger partial charge in [0.15, 0.2) is 12.0 Å². The van der Waals surface area contributed by atoms with Gasteiger partial charge in [-0.25, -0.2) is 13.5 Å². The number of halogens is 2. The summed E-state index contributed by atoms with van der Waals surface area (Å²) in [5, 5.41) is 6.97. The number of alkyl halides is 2. The number of aldehydes is 1. The molecule has 90 valence electrons. The van der Waals surface area contributed by atoms with E-state index in [2.05, 4.69) is 10.3 Å². The third kappa shape index (κ3) is 2.60. The SMILES string of the molecule is COCCC(C)n1nnc(C=O)c1C(F)F. The molecule has 0 spiro atoms. The Morgan fingerprint density at radius 1 is 1.56 bits per heavy atom. The molecule has 1 atom stereocenters. The predicted molar refractivity (Wildman–Crippen MR) is 51.6 cm³/mol. The van der Waals surface area contributed by atoms with Gasteiger partial charge in [0.05, 0.1) is 6.04 Å². The van der Waals surface area contributed by atoms with Crippen LogP contribution in [0.3, 0.4) is 0 Å². The predicted octanol–water partition coefficient (Wildman–Crippen LogP) is 1.63. The van der Waals surface area contributed by atoms with Gasteiger partial charge < -0.3 is 4.74 Å². The van der Waals surface area contributed by atoms with Gasteiger partial charge in [-0.2, -0.15) is 0 Å². The quantitative estimate of drug-likeness (QED) is 0.700. The van der Waals surface area contributed by atoms with Crippen molar-refractivity contribution >= 4 is 6.29 Å². The minimum Gasteiger partial charge on any atom is -0.385 e. The molecular weight excluding hydrogens is 220 g/mol. The highest BCUT2D eigenvalue weighted by atomic mass is 19.3. The summed E-state index contributed by atoms with van der Waals surface area (Å²) < 4.78 is 31.3. The standard InChI is InChI=1S/C9H13F2N3O2/c1-6(3-4-16-2)14-8(9(10)11)7(5-15)12-13-14/h5-6,9H,3-4H2,1-2H3. The maximum atomic E-state index is 12.7. The molecule has 7 heteroatoms. The first-order chi connectivity index (χ1) is 7.61. The molecule has 1 rings (SSSR count). The highest BCUT2D eigenvalue weighted by Gasteiger charge is 2.23. The van der Waals surface area contributed by atoms with E-state index in [0.717, 1.165) is 4.68 Å². The lowest BCUT2D eigenvalue weighted by molar-refractivity contribution is 0.109. The average Bonchev–Trinajstić information content (AvgIpc) is 2.69. The minimum atomic E-state index is -2.76. The van der Waals surface area contributed by atoms with Crippen LogP contribution < -0.4 is 0 Å². The summed E-state index contributed by atoms with van der Waals surface area (Å²) in [4.78, 5) is 10.5. The molecule has 1 aromatic rings. The molecule has 0 bridgehead atoms. The minimum absolute atomic E-state index is 0.286. The van der Waals surface area contributed by atoms with E-state index in [1.54, 1.807) is 6.92 Å². The number of hydrogen-bond acceptors (Lipinski definition) is 4. The van der Waals surface area contributed by atoms with Crippen molar-refractivity contribution in [2.45, 2.75) is 25.8 Å². The van der Waals surface area contributed by atoms with Crippen LogP contribution >= 0.6 is 0 Å². The number of carbonyl (C=O) groups is 1. The fraction of sp³-hybridized carbons (Fsp3) is 0.667. The highest BCUT2D eigenvalue weighted by molar-refractivity contribution is 5.73. The molecule has 0 aliphatic rings. The summed E-state index contributed by atoms with van der Waals surface area (Å²) in [6.45, 7) is 2.15.